The molecule has 1 N–H and O–H groups in total. The van der Waals surface area contributed by atoms with Gasteiger partial charge in [-0.15, -0.1) is 11.3 Å². The van der Waals surface area contributed by atoms with Gasteiger partial charge < -0.3 is 14.8 Å². The van der Waals surface area contributed by atoms with Crippen LogP contribution in [0.4, 0.5) is 0 Å². The number of nitrogens with zero attached hydrogens (tertiary/aromatic N) is 1. The quantitative estimate of drug-likeness (QED) is 0.837. The van der Waals surface area contributed by atoms with Crippen molar-refractivity contribution in [1.82, 2.24) is 10.3 Å². The number of carbonyl (C=O) groups excluding carboxylic acids is 1. The van der Waals surface area contributed by atoms with Crippen LogP contribution < -0.4 is 10.1 Å². The number of hydrogen-bond donors (Lipinski definition) is 1. The van der Waals surface area contributed by atoms with Crippen molar-refractivity contribution in [3.63, 3.8) is 0 Å². The molecule has 1 aromatic heterocycles. The van der Waals surface area contributed by atoms with E-state index in [0.29, 0.717) is 24.5 Å². The lowest BCUT2D eigenvalue weighted by molar-refractivity contribution is 0.0670. The fourth-order valence-corrected chi connectivity index (χ4v) is 3.31. The predicted octanol–water partition coefficient (Wildman–Crippen LogP) is 2.98. The van der Waals surface area contributed by atoms with Gasteiger partial charge >= 0.3 is 0 Å². The maximum Gasteiger partial charge on any atom is 0.255 e. The predicted molar refractivity (Wildman–Crippen MR) is 93.8 cm³/mol. The van der Waals surface area contributed by atoms with Gasteiger partial charge in [0.05, 0.1) is 22.4 Å². The Morgan fingerprint density at radius 2 is 2.33 bits per heavy atom. The van der Waals surface area contributed by atoms with Gasteiger partial charge in [-0.3, -0.25) is 4.79 Å². The van der Waals surface area contributed by atoms with Gasteiger partial charge in [-0.05, 0) is 31.9 Å². The molecule has 0 radical (unpaired) electrons. The molecule has 0 aliphatic carbocycles. The number of rotatable bonds is 7. The second kappa shape index (κ2) is 8.26. The first kappa shape index (κ1) is 16.9. The molecule has 2 heterocycles. The standard InChI is InChI=1S/C18H22N2O3S/c1-13-20-14(12-24-13)8-9-19-18(21)16-6-2-3-7-17(16)23-11-15-5-4-10-22-15/h2-3,6-7,12,15H,4-5,8-11H2,1H3,(H,19,21). The number of ether oxygens (including phenoxy) is 2. The summed E-state index contributed by atoms with van der Waals surface area (Å²) in [6.07, 6.45) is 2.96. The molecule has 6 heteroatoms. The number of nitrogens with one attached hydrogen (secondary N) is 1. The first-order chi connectivity index (χ1) is 11.7. The van der Waals surface area contributed by atoms with Crippen molar-refractivity contribution in [2.24, 2.45) is 0 Å². The molecule has 1 aliphatic rings. The summed E-state index contributed by atoms with van der Waals surface area (Å²) in [6, 6.07) is 7.33. The maximum atomic E-state index is 12.4. The van der Waals surface area contributed by atoms with Gasteiger partial charge in [0.2, 0.25) is 0 Å². The Bertz CT molecular complexity index is 680. The van der Waals surface area contributed by atoms with Crippen LogP contribution in [0.1, 0.15) is 33.9 Å². The maximum absolute atomic E-state index is 12.4. The van der Waals surface area contributed by atoms with Gasteiger partial charge in [0, 0.05) is 25.0 Å². The Labute approximate surface area is 146 Å². The van der Waals surface area contributed by atoms with Gasteiger partial charge in [-0.1, -0.05) is 12.1 Å². The van der Waals surface area contributed by atoms with E-state index in [0.717, 1.165) is 36.6 Å². The smallest absolute Gasteiger partial charge is 0.255 e. The van der Waals surface area contributed by atoms with E-state index in [2.05, 4.69) is 10.3 Å². The average Bonchev–Trinajstić information content (AvgIpc) is 3.25. The first-order valence-electron chi connectivity index (χ1n) is 8.25. The summed E-state index contributed by atoms with van der Waals surface area (Å²) < 4.78 is 11.4. The number of para-hydroxylation sites is 1. The van der Waals surface area contributed by atoms with E-state index in [-0.39, 0.29) is 12.0 Å². The Morgan fingerprint density at radius 1 is 1.46 bits per heavy atom. The van der Waals surface area contributed by atoms with Crippen LogP contribution >= 0.6 is 11.3 Å². The minimum absolute atomic E-state index is 0.120. The Balaban J connectivity index is 1.53. The van der Waals surface area contributed by atoms with Crippen molar-refractivity contribution >= 4 is 17.2 Å². The summed E-state index contributed by atoms with van der Waals surface area (Å²) in [5, 5.41) is 6.01. The van der Waals surface area contributed by atoms with Crippen LogP contribution in [0, 0.1) is 6.92 Å². The van der Waals surface area contributed by atoms with Crippen molar-refractivity contribution < 1.29 is 14.3 Å². The first-order valence-corrected chi connectivity index (χ1v) is 9.13. The van der Waals surface area contributed by atoms with Crippen molar-refractivity contribution in [3.05, 3.63) is 45.9 Å². The second-order valence-corrected chi connectivity index (χ2v) is 6.87. The molecule has 1 unspecified atom stereocenters. The van der Waals surface area contributed by atoms with E-state index in [1.54, 1.807) is 17.4 Å². The summed E-state index contributed by atoms with van der Waals surface area (Å²) in [5.41, 5.74) is 1.57. The highest BCUT2D eigenvalue weighted by Gasteiger charge is 2.18. The van der Waals surface area contributed by atoms with Crippen LogP contribution in [0.5, 0.6) is 5.75 Å². The van der Waals surface area contributed by atoms with E-state index in [1.807, 2.05) is 30.5 Å². The van der Waals surface area contributed by atoms with Gasteiger partial charge in [-0.25, -0.2) is 4.98 Å². The molecule has 1 aliphatic heterocycles. The zero-order valence-corrected chi connectivity index (χ0v) is 14.6. The Hall–Kier alpha value is -1.92. The van der Waals surface area contributed by atoms with Gasteiger partial charge in [0.15, 0.2) is 0 Å². The Kier molecular flexibility index (Phi) is 5.82. The molecule has 0 bridgehead atoms. The summed E-state index contributed by atoms with van der Waals surface area (Å²) in [7, 11) is 0. The number of thiazole rings is 1. The number of amides is 1. The minimum Gasteiger partial charge on any atom is -0.490 e. The summed E-state index contributed by atoms with van der Waals surface area (Å²) >= 11 is 1.62. The van der Waals surface area contributed by atoms with Crippen LogP contribution in [0.15, 0.2) is 29.6 Å². The highest BCUT2D eigenvalue weighted by molar-refractivity contribution is 7.09. The lowest BCUT2D eigenvalue weighted by Gasteiger charge is -2.14. The lowest BCUT2D eigenvalue weighted by Crippen LogP contribution is -2.27. The van der Waals surface area contributed by atoms with Crippen molar-refractivity contribution in [3.8, 4) is 5.75 Å². The third kappa shape index (κ3) is 4.55. The largest absolute Gasteiger partial charge is 0.490 e. The van der Waals surface area contributed by atoms with Crippen molar-refractivity contribution in [2.45, 2.75) is 32.3 Å². The van der Waals surface area contributed by atoms with Gasteiger partial charge in [0.25, 0.3) is 5.91 Å². The van der Waals surface area contributed by atoms with Crippen LogP contribution in [-0.4, -0.2) is 36.8 Å². The normalized spacial score (nSPS) is 17.0. The fourth-order valence-electron chi connectivity index (χ4n) is 2.66. The van der Waals surface area contributed by atoms with E-state index in [4.69, 9.17) is 9.47 Å². The van der Waals surface area contributed by atoms with Crippen LogP contribution in [0.3, 0.4) is 0 Å². The molecule has 1 fully saturated rings. The van der Waals surface area contributed by atoms with Crippen LogP contribution in [0.2, 0.25) is 0 Å². The molecule has 0 saturated carbocycles. The SMILES string of the molecule is Cc1nc(CCNC(=O)c2ccccc2OCC2CCCO2)cs1. The molecule has 5 nitrogen and oxygen atoms in total. The van der Waals surface area contributed by atoms with Crippen molar-refractivity contribution in [2.75, 3.05) is 19.8 Å². The molecule has 0 spiro atoms. The summed E-state index contributed by atoms with van der Waals surface area (Å²) in [6.45, 7) is 3.82. The van der Waals surface area contributed by atoms with Crippen LogP contribution in [0.25, 0.3) is 0 Å². The molecule has 24 heavy (non-hydrogen) atoms. The third-order valence-electron chi connectivity index (χ3n) is 3.91. The van der Waals surface area contributed by atoms with Gasteiger partial charge in [-0.2, -0.15) is 0 Å². The zero-order valence-electron chi connectivity index (χ0n) is 13.8. The summed E-state index contributed by atoms with van der Waals surface area (Å²) in [5.74, 6) is 0.486. The fraction of sp³-hybridized carbons (Fsp3) is 0.444. The van der Waals surface area contributed by atoms with Crippen molar-refractivity contribution in [1.29, 1.82) is 0 Å². The number of aryl methyl sites for hydroxylation is 1. The van der Waals surface area contributed by atoms with E-state index >= 15 is 0 Å². The molecule has 1 saturated heterocycles. The molecule has 3 rings (SSSR count). The Morgan fingerprint density at radius 3 is 3.08 bits per heavy atom. The molecule has 1 atom stereocenters. The lowest BCUT2D eigenvalue weighted by atomic mass is 10.2. The molecule has 2 aromatic rings. The highest BCUT2D eigenvalue weighted by Crippen LogP contribution is 2.20. The monoisotopic (exact) mass is 346 g/mol. The zero-order chi connectivity index (χ0) is 16.8. The van der Waals surface area contributed by atoms with Gasteiger partial charge in [0.1, 0.15) is 12.4 Å². The van der Waals surface area contributed by atoms with E-state index < -0.39 is 0 Å². The number of carbonyl (C=O) groups is 1. The van der Waals surface area contributed by atoms with E-state index in [9.17, 15) is 4.79 Å². The molecular weight excluding hydrogens is 324 g/mol. The average molecular weight is 346 g/mol. The summed E-state index contributed by atoms with van der Waals surface area (Å²) in [4.78, 5) is 16.8. The molecular formula is C18H22N2O3S. The molecule has 128 valence electrons. The topological polar surface area (TPSA) is 60.5 Å². The molecule has 1 amide bonds. The number of aromatic nitrogens is 1. The van der Waals surface area contributed by atoms with E-state index in [1.165, 1.54) is 0 Å². The second-order valence-electron chi connectivity index (χ2n) is 5.81. The van der Waals surface area contributed by atoms with Crippen LogP contribution in [-0.2, 0) is 11.2 Å². The number of benzene rings is 1. The third-order valence-corrected chi connectivity index (χ3v) is 4.74. The number of hydrogen-bond acceptors (Lipinski definition) is 5. The molecule has 1 aromatic carbocycles. The minimum atomic E-state index is -0.120. The highest BCUT2D eigenvalue weighted by atomic mass is 32.1.